The van der Waals surface area contributed by atoms with Crippen LogP contribution in [0.25, 0.3) is 0 Å². The molecule has 0 aliphatic carbocycles. The van der Waals surface area contributed by atoms with E-state index in [0.717, 1.165) is 12.8 Å². The van der Waals surface area contributed by atoms with Gasteiger partial charge < -0.3 is 34.2 Å². The first kappa shape index (κ1) is 37.6. The molecule has 3 amide bonds. The van der Waals surface area contributed by atoms with Gasteiger partial charge in [0, 0.05) is 44.0 Å². The quantitative estimate of drug-likeness (QED) is 0.287. The molecule has 2 heterocycles. The molecule has 13 nitrogen and oxygen atoms in total. The number of anilines is 2. The number of carbonyl (C=O) groups is 2. The Morgan fingerprint density at radius 1 is 1.14 bits per heavy atom. The Morgan fingerprint density at radius 2 is 1.84 bits per heavy atom. The number of nitrogens with one attached hydrogen (secondary N) is 2. The Kier molecular flexibility index (Phi) is 12.6. The van der Waals surface area contributed by atoms with Crippen molar-refractivity contribution in [3.05, 3.63) is 65.3 Å². The second-order valence-corrected chi connectivity index (χ2v) is 14.2. The Balaban J connectivity index is 1.63. The number of aliphatic hydroxyl groups excluding tert-OH is 1. The molecule has 2 aromatic carbocycles. The third kappa shape index (κ3) is 9.70. The molecule has 1 aliphatic rings. The third-order valence-electron chi connectivity index (χ3n) is 8.44. The number of ether oxygens (including phenoxy) is 2. The van der Waals surface area contributed by atoms with E-state index in [1.54, 1.807) is 20.0 Å². The fourth-order valence-corrected chi connectivity index (χ4v) is 7.00. The van der Waals surface area contributed by atoms with Gasteiger partial charge in [0.15, 0.2) is 10.7 Å². The average Bonchev–Trinajstić information content (AvgIpc) is 3.41. The first-order valence-corrected chi connectivity index (χ1v) is 17.8. The van der Waals surface area contributed by atoms with Crippen LogP contribution in [0.5, 0.6) is 5.75 Å². The lowest BCUT2D eigenvalue weighted by Crippen LogP contribution is -2.48. The maximum absolute atomic E-state index is 14.4. The summed E-state index contributed by atoms with van der Waals surface area (Å²) >= 11 is 0. The van der Waals surface area contributed by atoms with Gasteiger partial charge in [-0.25, -0.2) is 17.6 Å². The van der Waals surface area contributed by atoms with Crippen molar-refractivity contribution >= 4 is 33.3 Å². The van der Waals surface area contributed by atoms with Crippen LogP contribution in [0.3, 0.4) is 0 Å². The van der Waals surface area contributed by atoms with Crippen LogP contribution in [0.1, 0.15) is 61.8 Å². The molecule has 4 rings (SSSR count). The molecule has 0 bridgehead atoms. The van der Waals surface area contributed by atoms with Gasteiger partial charge in [-0.3, -0.25) is 9.52 Å². The Bertz CT molecular complexity index is 1680. The van der Waals surface area contributed by atoms with Gasteiger partial charge in [0.05, 0.1) is 30.4 Å². The smallest absolute Gasteiger partial charge is 0.321 e. The predicted octanol–water partition coefficient (Wildman–Crippen LogP) is 5.19. The van der Waals surface area contributed by atoms with Crippen molar-refractivity contribution in [2.75, 3.05) is 43.4 Å². The highest BCUT2D eigenvalue weighted by atomic mass is 32.2. The molecule has 1 aromatic heterocycles. The summed E-state index contributed by atoms with van der Waals surface area (Å²) in [5.41, 5.74) is 0.881. The summed E-state index contributed by atoms with van der Waals surface area (Å²) in [7, 11) is -2.48. The van der Waals surface area contributed by atoms with Crippen LogP contribution in [0.15, 0.2) is 51.9 Å². The van der Waals surface area contributed by atoms with E-state index >= 15 is 0 Å². The van der Waals surface area contributed by atoms with Crippen molar-refractivity contribution in [1.82, 2.24) is 15.0 Å². The van der Waals surface area contributed by atoms with Gasteiger partial charge in [0.1, 0.15) is 17.3 Å². The molecule has 0 unspecified atom stereocenters. The fraction of sp³-hybridized carbons (Fsp3) is 0.500. The zero-order valence-corrected chi connectivity index (χ0v) is 29.5. The number of hydrogen-bond acceptors (Lipinski definition) is 9. The fourth-order valence-electron chi connectivity index (χ4n) is 5.62. The van der Waals surface area contributed by atoms with Crippen molar-refractivity contribution in [2.45, 2.75) is 77.0 Å². The van der Waals surface area contributed by atoms with Crippen molar-refractivity contribution in [3.8, 4) is 5.75 Å². The van der Waals surface area contributed by atoms with Gasteiger partial charge in [0.2, 0.25) is 0 Å². The van der Waals surface area contributed by atoms with Crippen LogP contribution in [-0.2, 0) is 14.8 Å². The molecule has 3 aromatic rings. The number of fused-ring (bicyclic) bond motifs is 1. The number of halogens is 1. The van der Waals surface area contributed by atoms with Crippen LogP contribution in [0.2, 0.25) is 0 Å². The molecule has 49 heavy (non-hydrogen) atoms. The highest BCUT2D eigenvalue weighted by Gasteiger charge is 2.32. The lowest BCUT2D eigenvalue weighted by Gasteiger charge is -2.35. The van der Waals surface area contributed by atoms with Crippen LogP contribution in [0.4, 0.5) is 20.6 Å². The van der Waals surface area contributed by atoms with Gasteiger partial charge >= 0.3 is 6.03 Å². The van der Waals surface area contributed by atoms with E-state index in [9.17, 15) is 27.5 Å². The van der Waals surface area contributed by atoms with Crippen molar-refractivity contribution in [3.63, 3.8) is 0 Å². The molecule has 268 valence electrons. The van der Waals surface area contributed by atoms with E-state index in [-0.39, 0.29) is 65.1 Å². The summed E-state index contributed by atoms with van der Waals surface area (Å²) in [5, 5.41) is 16.7. The summed E-state index contributed by atoms with van der Waals surface area (Å²) in [5.74, 6) is -0.798. The number of nitrogens with zero attached hydrogens (tertiary/aromatic N) is 3. The highest BCUT2D eigenvalue weighted by Crippen LogP contribution is 2.30. The SMILES string of the molecule is Cc1noc(C)c1S(=O)(=O)Nc1ccc2c(c1)C(=O)N([C@H](C)CO)C[C@H](C)[C@@H](CN(C)C(=O)Nc1ccc(F)cc1)OCCCC[C@H](C)O2. The average molecular weight is 704 g/mol. The van der Waals surface area contributed by atoms with Crippen LogP contribution >= 0.6 is 0 Å². The molecule has 0 spiro atoms. The van der Waals surface area contributed by atoms with E-state index in [1.165, 1.54) is 60.0 Å². The molecule has 0 saturated heterocycles. The number of aliphatic hydroxyl groups is 1. The normalized spacial score (nSPS) is 20.0. The van der Waals surface area contributed by atoms with Gasteiger partial charge in [-0.05, 0) is 89.4 Å². The standard InChI is InChI=1S/C34H46FN5O8S/c1-21-18-40(22(2)20-41)33(42)29-17-28(38-49(44,45)32-24(4)37-48-25(32)5)14-15-30(29)47-23(3)9-7-8-16-46-31(21)19-39(6)34(43)36-27-12-10-26(35)11-13-27/h10-15,17,21-23,31,38,41H,7-9,16,18-20H2,1-6H3,(H,36,43)/t21-,22+,23-,31+/m0/s1. The number of rotatable bonds is 8. The number of hydrogen-bond donors (Lipinski definition) is 3. The minimum absolute atomic E-state index is 0.0875. The van der Waals surface area contributed by atoms with Gasteiger partial charge in [-0.15, -0.1) is 0 Å². The summed E-state index contributed by atoms with van der Waals surface area (Å²) in [6.45, 7) is 8.94. The number of amides is 3. The molecule has 15 heteroatoms. The van der Waals surface area contributed by atoms with Crippen LogP contribution < -0.4 is 14.8 Å². The number of urea groups is 1. The van der Waals surface area contributed by atoms with Gasteiger partial charge in [-0.2, -0.15) is 0 Å². The van der Waals surface area contributed by atoms with E-state index in [0.29, 0.717) is 18.7 Å². The number of sulfonamides is 1. The molecular formula is C34H46FN5O8S. The Labute approximate surface area is 286 Å². The highest BCUT2D eigenvalue weighted by molar-refractivity contribution is 7.92. The lowest BCUT2D eigenvalue weighted by molar-refractivity contribution is -0.0115. The van der Waals surface area contributed by atoms with Crippen molar-refractivity contribution in [2.24, 2.45) is 5.92 Å². The topological polar surface area (TPSA) is 164 Å². The number of aromatic nitrogens is 1. The van der Waals surface area contributed by atoms with Crippen molar-refractivity contribution < 1.29 is 41.5 Å². The summed E-state index contributed by atoms with van der Waals surface area (Å²) in [6, 6.07) is 8.92. The molecule has 0 saturated carbocycles. The first-order chi connectivity index (χ1) is 23.2. The molecule has 0 radical (unpaired) electrons. The third-order valence-corrected chi connectivity index (χ3v) is 10.1. The zero-order chi connectivity index (χ0) is 35.9. The first-order valence-electron chi connectivity index (χ1n) is 16.3. The Hall–Kier alpha value is -4.21. The summed E-state index contributed by atoms with van der Waals surface area (Å²) in [6.07, 6.45) is 1.39. The molecule has 0 fully saturated rings. The molecule has 3 N–H and O–H groups in total. The number of carbonyl (C=O) groups excluding carboxylic acids is 2. The van der Waals surface area contributed by atoms with Gasteiger partial charge in [-0.1, -0.05) is 12.1 Å². The largest absolute Gasteiger partial charge is 0.490 e. The summed E-state index contributed by atoms with van der Waals surface area (Å²) < 4.78 is 60.1. The minimum Gasteiger partial charge on any atom is -0.490 e. The number of benzene rings is 2. The van der Waals surface area contributed by atoms with E-state index in [4.69, 9.17) is 14.0 Å². The second-order valence-electron chi connectivity index (χ2n) is 12.6. The minimum atomic E-state index is -4.11. The monoisotopic (exact) mass is 703 g/mol. The van der Waals surface area contributed by atoms with Crippen molar-refractivity contribution in [1.29, 1.82) is 0 Å². The molecular weight excluding hydrogens is 657 g/mol. The van der Waals surface area contributed by atoms with Crippen LogP contribution in [-0.4, -0.2) is 92.0 Å². The Morgan fingerprint density at radius 3 is 2.49 bits per heavy atom. The maximum Gasteiger partial charge on any atom is 0.321 e. The van der Waals surface area contributed by atoms with E-state index < -0.39 is 39.9 Å². The van der Waals surface area contributed by atoms with E-state index in [2.05, 4.69) is 15.2 Å². The lowest BCUT2D eigenvalue weighted by atomic mass is 10.0. The van der Waals surface area contributed by atoms with E-state index in [1.807, 2.05) is 13.8 Å². The number of aryl methyl sites for hydroxylation is 2. The van der Waals surface area contributed by atoms with Crippen LogP contribution in [0, 0.1) is 25.6 Å². The zero-order valence-electron chi connectivity index (χ0n) is 28.7. The second kappa shape index (κ2) is 16.5. The maximum atomic E-state index is 14.4. The number of likely N-dealkylation sites (N-methyl/N-ethyl adjacent to an activating group) is 1. The predicted molar refractivity (Wildman–Crippen MR) is 182 cm³/mol. The summed E-state index contributed by atoms with van der Waals surface area (Å²) in [4.78, 5) is 30.3. The molecule has 1 aliphatic heterocycles. The molecule has 4 atom stereocenters. The van der Waals surface area contributed by atoms with Gasteiger partial charge in [0.25, 0.3) is 15.9 Å².